The maximum absolute atomic E-state index is 5.35. The number of benzene rings is 10. The Morgan fingerprint density at radius 3 is 1.19 bits per heavy atom. The van der Waals surface area contributed by atoms with Crippen LogP contribution in [0.4, 0.5) is 0 Å². The molecule has 0 fully saturated rings. The predicted molar refractivity (Wildman–Crippen MR) is 285 cm³/mol. The topological polar surface area (TPSA) is 35.6 Å². The molecule has 15 rings (SSSR count). The molecule has 13 aromatic rings. The van der Waals surface area contributed by atoms with Gasteiger partial charge in [0.05, 0.1) is 50.0 Å². The molecule has 0 spiro atoms. The summed E-state index contributed by atoms with van der Waals surface area (Å²) in [5.74, 6) is 0.696. The second-order valence-electron chi connectivity index (χ2n) is 18.8. The first-order valence-electron chi connectivity index (χ1n) is 24.2. The Balaban J connectivity index is 0.903. The van der Waals surface area contributed by atoms with Crippen molar-refractivity contribution in [2.45, 2.75) is 10.8 Å². The first kappa shape index (κ1) is 38.9. The van der Waals surface area contributed by atoms with Crippen molar-refractivity contribution in [2.24, 2.45) is 0 Å². The molecular weight excluding hydrogens is 849 g/mol. The molecule has 4 nitrogen and oxygen atoms in total. The summed E-state index contributed by atoms with van der Waals surface area (Å²) in [5, 5.41) is 4.80. The quantitative estimate of drug-likeness (QED) is 0.167. The van der Waals surface area contributed by atoms with Crippen LogP contribution in [-0.4, -0.2) is 19.1 Å². The molecular formula is C66H42N4. The van der Waals surface area contributed by atoms with Crippen LogP contribution in [0.2, 0.25) is 0 Å². The van der Waals surface area contributed by atoms with Crippen LogP contribution in [0.3, 0.4) is 0 Å². The number of para-hydroxylation sites is 4. The lowest BCUT2D eigenvalue weighted by Crippen LogP contribution is -2.35. The van der Waals surface area contributed by atoms with Crippen molar-refractivity contribution < 1.29 is 0 Å². The maximum atomic E-state index is 5.35. The van der Waals surface area contributed by atoms with Crippen molar-refractivity contribution in [1.29, 1.82) is 0 Å². The van der Waals surface area contributed by atoms with Gasteiger partial charge in [-0.25, -0.2) is 9.97 Å². The molecule has 0 saturated heterocycles. The van der Waals surface area contributed by atoms with Gasteiger partial charge in [0, 0.05) is 38.9 Å². The molecule has 3 aromatic heterocycles. The average Bonchev–Trinajstić information content (AvgIpc) is 3.97. The molecule has 0 aliphatic carbocycles. The molecule has 10 aromatic carbocycles. The first-order valence-corrected chi connectivity index (χ1v) is 24.2. The van der Waals surface area contributed by atoms with Crippen molar-refractivity contribution >= 4 is 43.6 Å². The van der Waals surface area contributed by atoms with E-state index in [1.165, 1.54) is 94.0 Å². The van der Waals surface area contributed by atoms with Gasteiger partial charge in [-0.05, 0) is 93.0 Å². The third-order valence-electron chi connectivity index (χ3n) is 15.5. The highest BCUT2D eigenvalue weighted by molar-refractivity contribution is 6.14. The van der Waals surface area contributed by atoms with Gasteiger partial charge in [-0.3, -0.25) is 0 Å². The second kappa shape index (κ2) is 14.7. The number of fused-ring (bicyclic) bond motifs is 10. The van der Waals surface area contributed by atoms with Gasteiger partial charge in [-0.1, -0.05) is 200 Å². The molecule has 70 heavy (non-hydrogen) atoms. The minimum atomic E-state index is -0.522. The first-order chi connectivity index (χ1) is 34.7. The Hall–Kier alpha value is -9.12. The van der Waals surface area contributed by atoms with Crippen LogP contribution in [-0.2, 0) is 10.8 Å². The van der Waals surface area contributed by atoms with E-state index in [-0.39, 0.29) is 0 Å². The summed E-state index contributed by atoms with van der Waals surface area (Å²) < 4.78 is 4.97. The second-order valence-corrected chi connectivity index (χ2v) is 18.8. The number of aromatic nitrogens is 4. The smallest absolute Gasteiger partial charge is 0.159 e. The molecule has 0 unspecified atom stereocenters. The zero-order valence-corrected chi connectivity index (χ0v) is 38.0. The maximum Gasteiger partial charge on any atom is 0.159 e. The zero-order valence-electron chi connectivity index (χ0n) is 38.0. The van der Waals surface area contributed by atoms with E-state index in [0.29, 0.717) is 5.82 Å². The summed E-state index contributed by atoms with van der Waals surface area (Å²) in [6.45, 7) is 0. The third kappa shape index (κ3) is 5.09. The third-order valence-corrected chi connectivity index (χ3v) is 15.5. The van der Waals surface area contributed by atoms with Gasteiger partial charge >= 0.3 is 0 Å². The van der Waals surface area contributed by atoms with Gasteiger partial charge < -0.3 is 9.13 Å². The minimum absolute atomic E-state index is 0.517. The highest BCUT2D eigenvalue weighted by Gasteiger charge is 2.46. The van der Waals surface area contributed by atoms with Crippen LogP contribution in [0, 0.1) is 0 Å². The highest BCUT2D eigenvalue weighted by Crippen LogP contribution is 2.56. The van der Waals surface area contributed by atoms with Crippen molar-refractivity contribution in [2.75, 3.05) is 0 Å². The Kier molecular flexibility index (Phi) is 8.17. The molecule has 0 bridgehead atoms. The van der Waals surface area contributed by atoms with E-state index in [1.807, 2.05) is 12.3 Å². The van der Waals surface area contributed by atoms with Crippen LogP contribution in [0.15, 0.2) is 255 Å². The van der Waals surface area contributed by atoms with Crippen LogP contribution in [0.25, 0.3) is 77.6 Å². The van der Waals surface area contributed by atoms with E-state index in [1.54, 1.807) is 0 Å². The fourth-order valence-corrected chi connectivity index (χ4v) is 12.8. The van der Waals surface area contributed by atoms with E-state index >= 15 is 0 Å². The van der Waals surface area contributed by atoms with Gasteiger partial charge in [0.15, 0.2) is 5.82 Å². The van der Waals surface area contributed by atoms with Gasteiger partial charge in [0.2, 0.25) is 0 Å². The molecule has 0 radical (unpaired) electrons. The van der Waals surface area contributed by atoms with Gasteiger partial charge in [0.25, 0.3) is 0 Å². The van der Waals surface area contributed by atoms with E-state index in [4.69, 9.17) is 9.97 Å². The lowest BCUT2D eigenvalue weighted by molar-refractivity contribution is 0.728. The lowest BCUT2D eigenvalue weighted by Gasteiger charge is -2.41. The average molecular weight is 891 g/mol. The van der Waals surface area contributed by atoms with E-state index in [0.717, 1.165) is 22.3 Å². The normalized spacial score (nSPS) is 13.9. The largest absolute Gasteiger partial charge is 0.309 e. The predicted octanol–water partition coefficient (Wildman–Crippen LogP) is 15.4. The summed E-state index contributed by atoms with van der Waals surface area (Å²) in [4.78, 5) is 10.3. The molecule has 0 saturated carbocycles. The summed E-state index contributed by atoms with van der Waals surface area (Å²) >= 11 is 0. The lowest BCUT2D eigenvalue weighted by atomic mass is 9.63. The van der Waals surface area contributed by atoms with Crippen molar-refractivity contribution in [3.05, 3.63) is 299 Å². The molecule has 0 N–H and O–H groups in total. The van der Waals surface area contributed by atoms with Crippen LogP contribution < -0.4 is 0 Å². The summed E-state index contributed by atoms with van der Waals surface area (Å²) in [7, 11) is 0. The fraction of sp³-hybridized carbons (Fsp3) is 0.0303. The van der Waals surface area contributed by atoms with Crippen molar-refractivity contribution in [3.63, 3.8) is 0 Å². The Labute approximate surface area is 405 Å². The molecule has 0 amide bonds. The van der Waals surface area contributed by atoms with Gasteiger partial charge in [-0.2, -0.15) is 0 Å². The molecule has 4 heteroatoms. The zero-order chi connectivity index (χ0) is 46.0. The Morgan fingerprint density at radius 2 is 0.714 bits per heavy atom. The van der Waals surface area contributed by atoms with Crippen LogP contribution in [0.1, 0.15) is 44.5 Å². The number of rotatable bonds is 6. The molecule has 2 aliphatic heterocycles. The van der Waals surface area contributed by atoms with Crippen molar-refractivity contribution in [3.8, 4) is 34.0 Å². The Bertz CT molecular complexity index is 3880. The van der Waals surface area contributed by atoms with E-state index < -0.39 is 10.8 Å². The monoisotopic (exact) mass is 890 g/mol. The Morgan fingerprint density at radius 1 is 0.314 bits per heavy atom. The molecule has 5 heterocycles. The van der Waals surface area contributed by atoms with E-state index in [2.05, 4.69) is 252 Å². The SMILES string of the molecule is c1ccc(C2(c3ccccc3)c3ccccc3-n3c4ccc(-c5ccnc(-c6ccc7c(c6)c6cccc8c6n7-c6ccccc6C8(c6ccccc6)c6ccccc6)n5)cc4c4cccc2c43)cc1. The van der Waals surface area contributed by atoms with Gasteiger partial charge in [-0.15, -0.1) is 0 Å². The number of hydrogen-bond acceptors (Lipinski definition) is 2. The summed E-state index contributed by atoms with van der Waals surface area (Å²) in [6.07, 6.45) is 1.91. The fourth-order valence-electron chi connectivity index (χ4n) is 12.8. The molecule has 326 valence electrons. The van der Waals surface area contributed by atoms with Crippen LogP contribution >= 0.6 is 0 Å². The summed E-state index contributed by atoms with van der Waals surface area (Å²) in [5.41, 5.74) is 19.1. The van der Waals surface area contributed by atoms with Gasteiger partial charge in [0.1, 0.15) is 0 Å². The minimum Gasteiger partial charge on any atom is -0.309 e. The van der Waals surface area contributed by atoms with Crippen LogP contribution in [0.5, 0.6) is 0 Å². The summed E-state index contributed by atoms with van der Waals surface area (Å²) in [6, 6.07) is 91.4. The van der Waals surface area contributed by atoms with Crippen molar-refractivity contribution in [1.82, 2.24) is 19.1 Å². The number of nitrogens with zero attached hydrogens (tertiary/aromatic N) is 4. The molecule has 2 aliphatic rings. The standard InChI is InChI=1S/C66H42N4/c1-5-19-45(20-6-1)65(46-21-7-2-8-22-46)53-29-13-15-33-60(53)69-58-37-35-43(41-51(58)49-27-17-31-55(65)62(49)69)57-39-40-67-64(68-57)44-36-38-59-52(42-44)50-28-18-32-56-63(50)70(59)61-34-16-14-30-54(61)66(56,47-23-9-3-10-24-47)48-25-11-4-12-26-48/h1-42H. The highest BCUT2D eigenvalue weighted by atomic mass is 15.0. The van der Waals surface area contributed by atoms with E-state index in [9.17, 15) is 0 Å². The molecule has 0 atom stereocenters. The number of hydrogen-bond donors (Lipinski definition) is 0.